The smallest absolute Gasteiger partial charge is 0.0540 e. The topological polar surface area (TPSA) is 3.24 Å². The van der Waals surface area contributed by atoms with Gasteiger partial charge in [-0.1, -0.05) is 219 Å². The number of fused-ring (bicyclic) bond motifs is 1. The second kappa shape index (κ2) is 16.0. The number of hydrogen-bond acceptors (Lipinski definition) is 1. The van der Waals surface area contributed by atoms with Gasteiger partial charge in [0.05, 0.1) is 5.69 Å². The quantitative estimate of drug-likeness (QED) is 0.141. The predicted octanol–water partition coefficient (Wildman–Crippen LogP) is 16.3. The maximum atomic E-state index is 2.47. The summed E-state index contributed by atoms with van der Waals surface area (Å²) in [4.78, 5) is 2.47. The summed E-state index contributed by atoms with van der Waals surface area (Å²) in [6.45, 7) is 2.39. The first-order valence-corrected chi connectivity index (χ1v) is 20.9. The summed E-state index contributed by atoms with van der Waals surface area (Å²) in [6, 6.07) is 81.5. The van der Waals surface area contributed by atoms with Crippen LogP contribution < -0.4 is 4.90 Å². The van der Waals surface area contributed by atoms with E-state index in [-0.39, 0.29) is 5.41 Å². The van der Waals surface area contributed by atoms with Crippen molar-refractivity contribution in [2.45, 2.75) is 18.8 Å². The van der Waals surface area contributed by atoms with Crippen molar-refractivity contribution < 1.29 is 0 Å². The molecule has 0 amide bonds. The van der Waals surface area contributed by atoms with Crippen molar-refractivity contribution in [2.75, 3.05) is 4.90 Å². The molecule has 286 valence electrons. The second-order valence-corrected chi connectivity index (χ2v) is 15.9. The van der Waals surface area contributed by atoms with Crippen LogP contribution in [0.3, 0.4) is 0 Å². The Balaban J connectivity index is 1.17. The molecule has 0 aromatic heterocycles. The molecule has 1 nitrogen and oxygen atoms in total. The highest BCUT2D eigenvalue weighted by atomic mass is 15.1. The van der Waals surface area contributed by atoms with Crippen molar-refractivity contribution in [1.29, 1.82) is 0 Å². The SMILES string of the molecule is CC1(c2cc(N(c3ccc(-c4ccccc4)c(-c4ccc(-c5ccccc5)cc4)c3)c3cccc4ccccc34)ccc2-c2ccccc2)C=CC(c2ccccc2)=CC1. The number of allylic oxidation sites excluding steroid dienone is 4. The van der Waals surface area contributed by atoms with Gasteiger partial charge in [-0.15, -0.1) is 0 Å². The summed E-state index contributed by atoms with van der Waals surface area (Å²) in [6.07, 6.45) is 8.05. The van der Waals surface area contributed by atoms with Crippen LogP contribution in [0.25, 0.3) is 60.9 Å². The van der Waals surface area contributed by atoms with Gasteiger partial charge in [0.25, 0.3) is 0 Å². The Morgan fingerprint density at radius 1 is 0.400 bits per heavy atom. The Morgan fingerprint density at radius 2 is 0.900 bits per heavy atom. The first-order valence-electron chi connectivity index (χ1n) is 20.9. The minimum Gasteiger partial charge on any atom is -0.310 e. The van der Waals surface area contributed by atoms with Crippen molar-refractivity contribution in [3.63, 3.8) is 0 Å². The molecule has 0 fully saturated rings. The van der Waals surface area contributed by atoms with Gasteiger partial charge in [-0.25, -0.2) is 0 Å². The monoisotopic (exact) mass is 767 g/mol. The average molecular weight is 768 g/mol. The predicted molar refractivity (Wildman–Crippen MR) is 256 cm³/mol. The summed E-state index contributed by atoms with van der Waals surface area (Å²) in [5.74, 6) is 0. The molecule has 1 aliphatic rings. The normalized spacial score (nSPS) is 14.8. The summed E-state index contributed by atoms with van der Waals surface area (Å²) < 4.78 is 0. The van der Waals surface area contributed by atoms with Crippen molar-refractivity contribution in [1.82, 2.24) is 0 Å². The molecule has 0 saturated carbocycles. The molecule has 10 rings (SSSR count). The van der Waals surface area contributed by atoms with Gasteiger partial charge in [0.1, 0.15) is 0 Å². The van der Waals surface area contributed by atoms with E-state index in [0.29, 0.717) is 0 Å². The van der Waals surface area contributed by atoms with E-state index in [1.54, 1.807) is 0 Å². The third kappa shape index (κ3) is 7.16. The van der Waals surface area contributed by atoms with Crippen LogP contribution in [0.4, 0.5) is 17.1 Å². The second-order valence-electron chi connectivity index (χ2n) is 15.9. The Morgan fingerprint density at radius 3 is 1.55 bits per heavy atom. The molecule has 9 aromatic carbocycles. The fourth-order valence-corrected chi connectivity index (χ4v) is 8.87. The standard InChI is InChI=1S/C59H45N/c1-59(39-37-46(38-40-59)44-19-8-3-9-20-44)57-42-52(34-36-54(57)48-23-12-5-13-24-48)60(58-28-16-26-49-25-14-15-27-55(49)58)51-33-35-53(47-21-10-4-11-22-47)56(41-51)50-31-29-45(30-32-50)43-17-6-2-7-18-43/h2-39,41-42H,40H2,1H3. The lowest BCUT2D eigenvalue weighted by atomic mass is 9.72. The average Bonchev–Trinajstić information content (AvgIpc) is 3.33. The molecule has 0 heterocycles. The highest BCUT2D eigenvalue weighted by Gasteiger charge is 2.30. The zero-order chi connectivity index (χ0) is 40.3. The molecule has 0 aliphatic heterocycles. The molecule has 0 N–H and O–H groups in total. The number of nitrogens with zero attached hydrogens (tertiary/aromatic N) is 1. The molecule has 60 heavy (non-hydrogen) atoms. The first-order chi connectivity index (χ1) is 29.6. The van der Waals surface area contributed by atoms with E-state index in [9.17, 15) is 0 Å². The highest BCUT2D eigenvalue weighted by Crippen LogP contribution is 2.47. The largest absolute Gasteiger partial charge is 0.310 e. The maximum absolute atomic E-state index is 2.47. The van der Waals surface area contributed by atoms with Crippen molar-refractivity contribution in [3.8, 4) is 44.5 Å². The Hall–Kier alpha value is -7.48. The molecule has 1 heteroatoms. The van der Waals surface area contributed by atoms with Crippen molar-refractivity contribution in [3.05, 3.63) is 254 Å². The molecule has 9 aromatic rings. The number of rotatable bonds is 9. The van der Waals surface area contributed by atoms with E-state index >= 15 is 0 Å². The molecule has 1 aliphatic carbocycles. The fourth-order valence-electron chi connectivity index (χ4n) is 8.87. The van der Waals surface area contributed by atoms with E-state index in [4.69, 9.17) is 0 Å². The fraction of sp³-hybridized carbons (Fsp3) is 0.0508. The molecular weight excluding hydrogens is 723 g/mol. The molecular formula is C59H45N. The lowest BCUT2D eigenvalue weighted by Gasteiger charge is -2.34. The number of benzene rings is 9. The molecule has 0 saturated heterocycles. The lowest BCUT2D eigenvalue weighted by Crippen LogP contribution is -2.22. The van der Waals surface area contributed by atoms with E-state index < -0.39 is 0 Å². The van der Waals surface area contributed by atoms with Gasteiger partial charge in [-0.2, -0.15) is 0 Å². The van der Waals surface area contributed by atoms with Crippen LogP contribution in [0, 0.1) is 0 Å². The zero-order valence-corrected chi connectivity index (χ0v) is 33.7. The molecule has 0 spiro atoms. The van der Waals surface area contributed by atoms with Crippen LogP contribution in [0.1, 0.15) is 24.5 Å². The van der Waals surface area contributed by atoms with Gasteiger partial charge in [0, 0.05) is 22.2 Å². The van der Waals surface area contributed by atoms with E-state index in [1.165, 1.54) is 72.0 Å². The Bertz CT molecular complexity index is 2980. The molecule has 0 radical (unpaired) electrons. The number of anilines is 3. The summed E-state index contributed by atoms with van der Waals surface area (Å²) in [5, 5.41) is 2.41. The van der Waals surface area contributed by atoms with Gasteiger partial charge < -0.3 is 4.90 Å². The van der Waals surface area contributed by atoms with E-state index in [0.717, 1.165) is 23.5 Å². The van der Waals surface area contributed by atoms with Gasteiger partial charge in [-0.3, -0.25) is 0 Å². The third-order valence-electron chi connectivity index (χ3n) is 12.1. The van der Waals surface area contributed by atoms with Crippen molar-refractivity contribution in [2.24, 2.45) is 0 Å². The van der Waals surface area contributed by atoms with Gasteiger partial charge in [0.2, 0.25) is 0 Å². The Labute approximate surface area is 353 Å². The van der Waals surface area contributed by atoms with Crippen molar-refractivity contribution >= 4 is 33.4 Å². The highest BCUT2D eigenvalue weighted by molar-refractivity contribution is 6.00. The first kappa shape index (κ1) is 36.8. The van der Waals surface area contributed by atoms with Gasteiger partial charge in [-0.05, 0) is 103 Å². The maximum Gasteiger partial charge on any atom is 0.0540 e. The molecule has 1 atom stereocenters. The minimum atomic E-state index is -0.243. The summed E-state index contributed by atoms with van der Waals surface area (Å²) >= 11 is 0. The summed E-state index contributed by atoms with van der Waals surface area (Å²) in [5.41, 5.74) is 16.6. The molecule has 0 bridgehead atoms. The Kier molecular flexibility index (Phi) is 9.85. The van der Waals surface area contributed by atoms with E-state index in [1.807, 2.05) is 0 Å². The zero-order valence-electron chi connectivity index (χ0n) is 33.7. The van der Waals surface area contributed by atoms with Crippen LogP contribution in [0.2, 0.25) is 0 Å². The lowest BCUT2D eigenvalue weighted by molar-refractivity contribution is 0.603. The number of hydrogen-bond donors (Lipinski definition) is 0. The van der Waals surface area contributed by atoms with E-state index in [2.05, 4.69) is 255 Å². The molecule has 1 unspecified atom stereocenters. The van der Waals surface area contributed by atoms with Crippen LogP contribution in [0.5, 0.6) is 0 Å². The van der Waals surface area contributed by atoms with Crippen LogP contribution in [0.15, 0.2) is 243 Å². The van der Waals surface area contributed by atoms with Crippen LogP contribution in [-0.4, -0.2) is 0 Å². The van der Waals surface area contributed by atoms with Gasteiger partial charge >= 0.3 is 0 Å². The summed E-state index contributed by atoms with van der Waals surface area (Å²) in [7, 11) is 0. The minimum absolute atomic E-state index is 0.243. The van der Waals surface area contributed by atoms with Gasteiger partial charge in [0.15, 0.2) is 0 Å². The van der Waals surface area contributed by atoms with Crippen LogP contribution >= 0.6 is 0 Å². The third-order valence-corrected chi connectivity index (χ3v) is 12.1. The van der Waals surface area contributed by atoms with Crippen LogP contribution in [-0.2, 0) is 5.41 Å².